The molecule has 2 N–H and O–H groups in total. The number of hydrogen-bond donors (Lipinski definition) is 2. The fourth-order valence-corrected chi connectivity index (χ4v) is 2.78. The minimum atomic E-state index is -0.333. The lowest BCUT2D eigenvalue weighted by molar-refractivity contribution is 0.0950. The number of H-pyrrole nitrogens is 1. The molecule has 0 saturated carbocycles. The zero-order valence-corrected chi connectivity index (χ0v) is 15.5. The van der Waals surface area contributed by atoms with Crippen LogP contribution in [0.15, 0.2) is 65.8 Å². The number of carbonyl (C=O) groups is 1. The number of benzene rings is 2. The summed E-state index contributed by atoms with van der Waals surface area (Å²) in [5.41, 5.74) is 6.64. The van der Waals surface area contributed by atoms with Crippen molar-refractivity contribution in [2.24, 2.45) is 5.10 Å². The SMILES string of the molecule is CCN(CC)c1ccc(C=NNC(=O)c2cc(-c3ccccc3)n[nH]2)cc1. The summed E-state index contributed by atoms with van der Waals surface area (Å²) in [6, 6.07) is 19.5. The van der Waals surface area contributed by atoms with E-state index in [2.05, 4.69) is 51.6 Å². The number of aromatic amines is 1. The van der Waals surface area contributed by atoms with Crippen LogP contribution in [0.25, 0.3) is 11.3 Å². The molecule has 27 heavy (non-hydrogen) atoms. The van der Waals surface area contributed by atoms with Gasteiger partial charge in [-0.1, -0.05) is 42.5 Å². The molecule has 0 fully saturated rings. The molecule has 138 valence electrons. The van der Waals surface area contributed by atoms with Crippen molar-refractivity contribution in [2.75, 3.05) is 18.0 Å². The Morgan fingerprint density at radius 1 is 1.11 bits per heavy atom. The quantitative estimate of drug-likeness (QED) is 0.498. The van der Waals surface area contributed by atoms with Crippen LogP contribution in [0.3, 0.4) is 0 Å². The maximum absolute atomic E-state index is 12.2. The molecule has 6 heteroatoms. The van der Waals surface area contributed by atoms with Gasteiger partial charge in [-0.2, -0.15) is 10.2 Å². The van der Waals surface area contributed by atoms with E-state index < -0.39 is 0 Å². The van der Waals surface area contributed by atoms with Crippen LogP contribution in [-0.4, -0.2) is 35.4 Å². The van der Waals surface area contributed by atoms with Gasteiger partial charge in [0, 0.05) is 24.3 Å². The number of hydrogen-bond acceptors (Lipinski definition) is 4. The molecule has 3 aromatic rings. The predicted octanol–water partition coefficient (Wildman–Crippen LogP) is 3.69. The molecule has 0 aliphatic rings. The summed E-state index contributed by atoms with van der Waals surface area (Å²) in [6.07, 6.45) is 1.62. The van der Waals surface area contributed by atoms with Crippen molar-refractivity contribution in [3.8, 4) is 11.3 Å². The van der Waals surface area contributed by atoms with Gasteiger partial charge >= 0.3 is 0 Å². The molecule has 0 bridgehead atoms. The van der Waals surface area contributed by atoms with E-state index in [-0.39, 0.29) is 5.91 Å². The minimum Gasteiger partial charge on any atom is -0.372 e. The molecular weight excluding hydrogens is 338 g/mol. The van der Waals surface area contributed by atoms with Gasteiger partial charge in [0.2, 0.25) is 0 Å². The topological polar surface area (TPSA) is 73.4 Å². The first kappa shape index (κ1) is 18.4. The number of aromatic nitrogens is 2. The van der Waals surface area contributed by atoms with Gasteiger partial charge in [0.15, 0.2) is 0 Å². The number of amides is 1. The molecule has 0 spiro atoms. The highest BCUT2D eigenvalue weighted by Crippen LogP contribution is 2.17. The van der Waals surface area contributed by atoms with Gasteiger partial charge in [0.25, 0.3) is 5.91 Å². The molecule has 2 aromatic carbocycles. The van der Waals surface area contributed by atoms with Crippen LogP contribution in [0.5, 0.6) is 0 Å². The summed E-state index contributed by atoms with van der Waals surface area (Å²) >= 11 is 0. The highest BCUT2D eigenvalue weighted by molar-refractivity contribution is 5.94. The van der Waals surface area contributed by atoms with E-state index in [1.54, 1.807) is 12.3 Å². The molecule has 0 aliphatic heterocycles. The fraction of sp³-hybridized carbons (Fsp3) is 0.190. The molecular formula is C21H23N5O. The fourth-order valence-electron chi connectivity index (χ4n) is 2.78. The zero-order chi connectivity index (χ0) is 19.1. The van der Waals surface area contributed by atoms with Gasteiger partial charge in [0.05, 0.1) is 11.9 Å². The normalized spacial score (nSPS) is 10.9. The van der Waals surface area contributed by atoms with E-state index in [0.717, 1.165) is 29.9 Å². The van der Waals surface area contributed by atoms with Crippen LogP contribution in [0.1, 0.15) is 29.9 Å². The van der Waals surface area contributed by atoms with Crippen molar-refractivity contribution < 1.29 is 4.79 Å². The second kappa shape index (κ2) is 8.80. The minimum absolute atomic E-state index is 0.333. The summed E-state index contributed by atoms with van der Waals surface area (Å²) in [6.45, 7) is 6.20. The van der Waals surface area contributed by atoms with E-state index >= 15 is 0 Å². The van der Waals surface area contributed by atoms with Gasteiger partial charge in [-0.25, -0.2) is 5.43 Å². The number of rotatable bonds is 7. The standard InChI is InChI=1S/C21H23N5O/c1-3-26(4-2)18-12-10-16(11-13-18)15-22-25-21(27)20-14-19(23-24-20)17-8-6-5-7-9-17/h5-15H,3-4H2,1-2H3,(H,23,24)(H,25,27). The lowest BCUT2D eigenvalue weighted by atomic mass is 10.1. The number of carbonyl (C=O) groups excluding carboxylic acids is 1. The first-order chi connectivity index (χ1) is 13.2. The van der Waals surface area contributed by atoms with E-state index in [9.17, 15) is 4.79 Å². The van der Waals surface area contributed by atoms with E-state index in [4.69, 9.17) is 0 Å². The second-order valence-electron chi connectivity index (χ2n) is 6.00. The average molecular weight is 361 g/mol. The summed E-state index contributed by atoms with van der Waals surface area (Å²) in [4.78, 5) is 14.5. The highest BCUT2D eigenvalue weighted by Gasteiger charge is 2.10. The Morgan fingerprint density at radius 3 is 2.48 bits per heavy atom. The summed E-state index contributed by atoms with van der Waals surface area (Å²) in [5, 5.41) is 10.9. The van der Waals surface area contributed by atoms with Gasteiger partial charge in [-0.3, -0.25) is 9.89 Å². The molecule has 6 nitrogen and oxygen atoms in total. The van der Waals surface area contributed by atoms with Crippen molar-refractivity contribution in [2.45, 2.75) is 13.8 Å². The first-order valence-corrected chi connectivity index (χ1v) is 9.00. The van der Waals surface area contributed by atoms with E-state index in [0.29, 0.717) is 5.69 Å². The molecule has 3 rings (SSSR count). The van der Waals surface area contributed by atoms with Gasteiger partial charge < -0.3 is 4.90 Å². The zero-order valence-electron chi connectivity index (χ0n) is 15.5. The van der Waals surface area contributed by atoms with Crippen LogP contribution < -0.4 is 10.3 Å². The molecule has 1 heterocycles. The van der Waals surface area contributed by atoms with Crippen molar-refractivity contribution in [1.82, 2.24) is 15.6 Å². The Labute approximate surface area is 158 Å². The molecule has 0 unspecified atom stereocenters. The number of nitrogens with one attached hydrogen (secondary N) is 2. The molecule has 0 aliphatic carbocycles. The van der Waals surface area contributed by atoms with Crippen molar-refractivity contribution in [3.63, 3.8) is 0 Å². The van der Waals surface area contributed by atoms with Crippen molar-refractivity contribution >= 4 is 17.8 Å². The van der Waals surface area contributed by atoms with E-state index in [1.807, 2.05) is 42.5 Å². The number of anilines is 1. The number of nitrogens with zero attached hydrogens (tertiary/aromatic N) is 3. The van der Waals surface area contributed by atoms with E-state index in [1.165, 1.54) is 5.69 Å². The third-order valence-corrected chi connectivity index (χ3v) is 4.29. The van der Waals surface area contributed by atoms with Crippen molar-refractivity contribution in [1.29, 1.82) is 0 Å². The summed E-state index contributed by atoms with van der Waals surface area (Å²) in [7, 11) is 0. The average Bonchev–Trinajstić information content (AvgIpc) is 3.21. The Bertz CT molecular complexity index is 896. The highest BCUT2D eigenvalue weighted by atomic mass is 16.2. The first-order valence-electron chi connectivity index (χ1n) is 9.00. The summed E-state index contributed by atoms with van der Waals surface area (Å²) < 4.78 is 0. The maximum atomic E-state index is 12.2. The Kier molecular flexibility index (Phi) is 5.99. The lowest BCUT2D eigenvalue weighted by Gasteiger charge is -2.20. The van der Waals surface area contributed by atoms with Gasteiger partial charge in [-0.15, -0.1) is 0 Å². The monoisotopic (exact) mass is 361 g/mol. The van der Waals surface area contributed by atoms with Crippen LogP contribution in [0.4, 0.5) is 5.69 Å². The Hall–Kier alpha value is -3.41. The predicted molar refractivity (Wildman–Crippen MR) is 109 cm³/mol. The number of hydrazone groups is 1. The molecule has 1 aromatic heterocycles. The maximum Gasteiger partial charge on any atom is 0.289 e. The van der Waals surface area contributed by atoms with Crippen molar-refractivity contribution in [3.05, 3.63) is 71.9 Å². The van der Waals surface area contributed by atoms with Crippen LogP contribution in [0, 0.1) is 0 Å². The Morgan fingerprint density at radius 2 is 1.81 bits per heavy atom. The van der Waals surface area contributed by atoms with Gasteiger partial charge in [0.1, 0.15) is 5.69 Å². The van der Waals surface area contributed by atoms with Crippen LogP contribution in [0.2, 0.25) is 0 Å². The smallest absolute Gasteiger partial charge is 0.289 e. The molecule has 0 radical (unpaired) electrons. The molecule has 0 atom stereocenters. The largest absolute Gasteiger partial charge is 0.372 e. The second-order valence-corrected chi connectivity index (χ2v) is 6.00. The third-order valence-electron chi connectivity index (χ3n) is 4.29. The molecule has 1 amide bonds. The Balaban J connectivity index is 1.60. The van der Waals surface area contributed by atoms with Gasteiger partial charge in [-0.05, 0) is 37.6 Å². The molecule has 0 saturated heterocycles. The van der Waals surface area contributed by atoms with Crippen LogP contribution >= 0.6 is 0 Å². The lowest BCUT2D eigenvalue weighted by Crippen LogP contribution is -2.21. The van der Waals surface area contributed by atoms with Crippen LogP contribution in [-0.2, 0) is 0 Å². The summed E-state index contributed by atoms with van der Waals surface area (Å²) in [5.74, 6) is -0.333. The third kappa shape index (κ3) is 4.61.